The molecule has 1 fully saturated rings. The van der Waals surface area contributed by atoms with Crippen LogP contribution in [0.1, 0.15) is 26.0 Å². The number of likely N-dealkylation sites (N-methyl/N-ethyl adjacent to an activating group) is 1. The molecule has 166 valence electrons. The summed E-state index contributed by atoms with van der Waals surface area (Å²) in [6, 6.07) is 5.63. The molecule has 4 rings (SSSR count). The van der Waals surface area contributed by atoms with E-state index in [-0.39, 0.29) is 5.56 Å². The second-order valence-electron chi connectivity index (χ2n) is 7.85. The lowest BCUT2D eigenvalue weighted by Crippen LogP contribution is -2.45. The van der Waals surface area contributed by atoms with Gasteiger partial charge in [-0.2, -0.15) is 5.10 Å². The van der Waals surface area contributed by atoms with Crippen molar-refractivity contribution in [2.75, 3.05) is 39.8 Å². The van der Waals surface area contributed by atoms with E-state index in [4.69, 9.17) is 14.6 Å². The van der Waals surface area contributed by atoms with Crippen LogP contribution in [0.5, 0.6) is 11.5 Å². The molecule has 1 aliphatic rings. The fraction of sp³-hybridized carbons (Fsp3) is 0.500. The Morgan fingerprint density at radius 3 is 2.61 bits per heavy atom. The van der Waals surface area contributed by atoms with Crippen LogP contribution in [0.4, 0.5) is 0 Å². The number of fused-ring (bicyclic) bond motifs is 1. The van der Waals surface area contributed by atoms with Crippen LogP contribution >= 0.6 is 0 Å². The number of aromatic nitrogens is 4. The summed E-state index contributed by atoms with van der Waals surface area (Å²) in [7, 11) is 3.88. The molecule has 0 radical (unpaired) electrons. The average Bonchev–Trinajstić information content (AvgIpc) is 3.07. The van der Waals surface area contributed by atoms with Crippen LogP contribution in [-0.2, 0) is 13.5 Å². The molecule has 0 atom stereocenters. The summed E-state index contributed by atoms with van der Waals surface area (Å²) in [5.74, 6) is 1.79. The molecule has 9 heteroatoms. The molecule has 1 N–H and O–H groups in total. The summed E-state index contributed by atoms with van der Waals surface area (Å²) in [5, 5.41) is 6.46. The highest BCUT2D eigenvalue weighted by atomic mass is 16.7. The SMILES string of the molecule is CCCc1nn(C)c2c(=O)[nH]c(-c3cc(ON4CCN(C)CC4)ccc3OCC)nc12. The number of rotatable bonds is 7. The smallest absolute Gasteiger partial charge is 0.277 e. The number of nitrogens with zero attached hydrogens (tertiary/aromatic N) is 5. The minimum absolute atomic E-state index is 0.217. The van der Waals surface area contributed by atoms with Crippen LogP contribution in [0.25, 0.3) is 22.4 Å². The van der Waals surface area contributed by atoms with Gasteiger partial charge in [-0.15, -0.1) is 5.06 Å². The van der Waals surface area contributed by atoms with Gasteiger partial charge in [0.25, 0.3) is 5.56 Å². The molecule has 0 amide bonds. The van der Waals surface area contributed by atoms with Crippen molar-refractivity contribution in [2.45, 2.75) is 26.7 Å². The molecule has 3 heterocycles. The fourth-order valence-electron chi connectivity index (χ4n) is 3.84. The van der Waals surface area contributed by atoms with E-state index in [9.17, 15) is 4.79 Å². The molecule has 1 saturated heterocycles. The zero-order valence-electron chi connectivity index (χ0n) is 18.6. The lowest BCUT2D eigenvalue weighted by Gasteiger charge is -2.31. The van der Waals surface area contributed by atoms with Crippen LogP contribution in [0.2, 0.25) is 0 Å². The van der Waals surface area contributed by atoms with Crippen molar-refractivity contribution in [1.29, 1.82) is 0 Å². The highest BCUT2D eigenvalue weighted by molar-refractivity contribution is 5.80. The standard InChI is InChI=1S/C22H30N6O3/c1-5-7-17-19-20(27(4)25-17)22(29)24-21(23-19)16-14-15(8-9-18(16)30-6-2)31-28-12-10-26(3)11-13-28/h8-9,14H,5-7,10-13H2,1-4H3,(H,23,24,29). The Morgan fingerprint density at radius 2 is 1.90 bits per heavy atom. The van der Waals surface area contributed by atoms with E-state index < -0.39 is 0 Å². The van der Waals surface area contributed by atoms with Crippen molar-refractivity contribution in [1.82, 2.24) is 29.7 Å². The molecule has 3 aromatic rings. The first-order chi connectivity index (χ1) is 15.0. The predicted octanol–water partition coefficient (Wildman–Crippen LogP) is 2.22. The maximum Gasteiger partial charge on any atom is 0.277 e. The van der Waals surface area contributed by atoms with Crippen LogP contribution in [0.3, 0.4) is 0 Å². The third-order valence-electron chi connectivity index (χ3n) is 5.45. The number of aromatic amines is 1. The second kappa shape index (κ2) is 9.07. The number of hydrogen-bond donors (Lipinski definition) is 1. The van der Waals surface area contributed by atoms with E-state index in [1.54, 1.807) is 11.7 Å². The van der Waals surface area contributed by atoms with Gasteiger partial charge in [-0.3, -0.25) is 9.48 Å². The van der Waals surface area contributed by atoms with E-state index in [2.05, 4.69) is 29.0 Å². The number of hydrogen-bond acceptors (Lipinski definition) is 7. The van der Waals surface area contributed by atoms with Gasteiger partial charge in [0.1, 0.15) is 22.8 Å². The first-order valence-electron chi connectivity index (χ1n) is 10.8. The molecule has 0 unspecified atom stereocenters. The van der Waals surface area contributed by atoms with Gasteiger partial charge >= 0.3 is 0 Å². The molecule has 1 aliphatic heterocycles. The summed E-state index contributed by atoms with van der Waals surface area (Å²) in [5.41, 5.74) is 2.42. The highest BCUT2D eigenvalue weighted by Gasteiger charge is 2.20. The van der Waals surface area contributed by atoms with E-state index in [1.165, 1.54) is 0 Å². The summed E-state index contributed by atoms with van der Waals surface area (Å²) in [6.07, 6.45) is 1.69. The topological polar surface area (TPSA) is 88.5 Å². The molecule has 31 heavy (non-hydrogen) atoms. The van der Waals surface area contributed by atoms with Gasteiger partial charge in [0.2, 0.25) is 0 Å². The number of piperazine rings is 1. The van der Waals surface area contributed by atoms with Crippen molar-refractivity contribution >= 4 is 11.0 Å². The van der Waals surface area contributed by atoms with Crippen molar-refractivity contribution in [3.8, 4) is 22.9 Å². The van der Waals surface area contributed by atoms with Gasteiger partial charge in [0.15, 0.2) is 5.52 Å². The Balaban J connectivity index is 1.75. The number of benzene rings is 1. The zero-order valence-corrected chi connectivity index (χ0v) is 18.6. The molecule has 0 bridgehead atoms. The molecule has 0 saturated carbocycles. The third-order valence-corrected chi connectivity index (χ3v) is 5.45. The van der Waals surface area contributed by atoms with Gasteiger partial charge in [0, 0.05) is 33.2 Å². The Kier molecular flexibility index (Phi) is 6.24. The maximum absolute atomic E-state index is 12.9. The minimum atomic E-state index is -0.217. The number of aryl methyl sites for hydroxylation is 2. The maximum atomic E-state index is 12.9. The van der Waals surface area contributed by atoms with Gasteiger partial charge < -0.3 is 19.5 Å². The van der Waals surface area contributed by atoms with E-state index in [0.717, 1.165) is 44.7 Å². The lowest BCUT2D eigenvalue weighted by atomic mass is 10.1. The van der Waals surface area contributed by atoms with Gasteiger partial charge in [0.05, 0.1) is 17.9 Å². The van der Waals surface area contributed by atoms with Crippen LogP contribution in [0, 0.1) is 0 Å². The summed E-state index contributed by atoms with van der Waals surface area (Å²) < 4.78 is 7.43. The molecular weight excluding hydrogens is 396 g/mol. The van der Waals surface area contributed by atoms with Crippen molar-refractivity contribution < 1.29 is 9.57 Å². The fourth-order valence-corrected chi connectivity index (χ4v) is 3.84. The number of ether oxygens (including phenoxy) is 1. The second-order valence-corrected chi connectivity index (χ2v) is 7.85. The minimum Gasteiger partial charge on any atom is -0.493 e. The van der Waals surface area contributed by atoms with Gasteiger partial charge in [-0.05, 0) is 38.6 Å². The van der Waals surface area contributed by atoms with E-state index in [0.29, 0.717) is 40.5 Å². The van der Waals surface area contributed by atoms with Crippen LogP contribution in [0.15, 0.2) is 23.0 Å². The molecule has 9 nitrogen and oxygen atoms in total. The highest BCUT2D eigenvalue weighted by Crippen LogP contribution is 2.32. The predicted molar refractivity (Wildman–Crippen MR) is 119 cm³/mol. The zero-order chi connectivity index (χ0) is 22.0. The molecule has 2 aromatic heterocycles. The summed E-state index contributed by atoms with van der Waals surface area (Å²) >= 11 is 0. The van der Waals surface area contributed by atoms with Crippen LogP contribution in [-0.4, -0.2) is 69.5 Å². The monoisotopic (exact) mass is 426 g/mol. The van der Waals surface area contributed by atoms with Crippen molar-refractivity contribution in [3.05, 3.63) is 34.2 Å². The number of hydroxylamine groups is 2. The molecule has 1 aromatic carbocycles. The van der Waals surface area contributed by atoms with Crippen molar-refractivity contribution in [2.24, 2.45) is 7.05 Å². The summed E-state index contributed by atoms with van der Waals surface area (Å²) in [4.78, 5) is 28.9. The number of H-pyrrole nitrogens is 1. The third kappa shape index (κ3) is 4.42. The number of nitrogens with one attached hydrogen (secondary N) is 1. The summed E-state index contributed by atoms with van der Waals surface area (Å²) in [6.45, 7) is 8.09. The van der Waals surface area contributed by atoms with Gasteiger partial charge in [-0.1, -0.05) is 13.3 Å². The average molecular weight is 427 g/mol. The van der Waals surface area contributed by atoms with Crippen LogP contribution < -0.4 is 15.1 Å². The van der Waals surface area contributed by atoms with E-state index in [1.807, 2.05) is 30.2 Å². The molecule has 0 aliphatic carbocycles. The largest absolute Gasteiger partial charge is 0.493 e. The van der Waals surface area contributed by atoms with Crippen molar-refractivity contribution in [3.63, 3.8) is 0 Å². The normalized spacial score (nSPS) is 15.5. The Morgan fingerprint density at radius 1 is 1.13 bits per heavy atom. The molecule has 0 spiro atoms. The molecular formula is C22H30N6O3. The quantitative estimate of drug-likeness (QED) is 0.620. The lowest BCUT2D eigenvalue weighted by molar-refractivity contribution is -0.0849. The Labute approximate surface area is 181 Å². The first kappa shape index (κ1) is 21.3. The van der Waals surface area contributed by atoms with Gasteiger partial charge in [-0.25, -0.2) is 4.98 Å². The Bertz CT molecular complexity index is 1110. The first-order valence-corrected chi connectivity index (χ1v) is 10.8. The van der Waals surface area contributed by atoms with E-state index >= 15 is 0 Å². The Hall–Kier alpha value is -2.91.